The van der Waals surface area contributed by atoms with E-state index in [2.05, 4.69) is 10.1 Å². The van der Waals surface area contributed by atoms with Crippen LogP contribution in [0.3, 0.4) is 0 Å². The summed E-state index contributed by atoms with van der Waals surface area (Å²) < 4.78 is 31.4. The van der Waals surface area contributed by atoms with Crippen LogP contribution in [0.4, 0.5) is 8.78 Å². The molecule has 0 aliphatic carbocycles. The lowest BCUT2D eigenvalue weighted by Gasteiger charge is -2.12. The molecule has 6 heteroatoms. The summed E-state index contributed by atoms with van der Waals surface area (Å²) in [5, 5.41) is 11.2. The van der Waals surface area contributed by atoms with Gasteiger partial charge >= 0.3 is 5.97 Å². The number of nitrogens with one attached hydrogen (secondary N) is 1. The van der Waals surface area contributed by atoms with Crippen molar-refractivity contribution in [1.82, 2.24) is 5.32 Å². The molecule has 0 aliphatic rings. The zero-order valence-corrected chi connectivity index (χ0v) is 9.96. The van der Waals surface area contributed by atoms with E-state index in [1.54, 1.807) is 6.07 Å². The Balaban J connectivity index is 2.80. The van der Waals surface area contributed by atoms with E-state index < -0.39 is 23.6 Å². The van der Waals surface area contributed by atoms with Crippen LogP contribution >= 0.6 is 0 Å². The van der Waals surface area contributed by atoms with Gasteiger partial charge < -0.3 is 10.1 Å². The van der Waals surface area contributed by atoms with E-state index in [0.717, 1.165) is 12.1 Å². The molecule has 0 spiro atoms. The molecule has 0 saturated carbocycles. The van der Waals surface area contributed by atoms with Crippen molar-refractivity contribution in [2.75, 3.05) is 7.11 Å². The van der Waals surface area contributed by atoms with E-state index in [-0.39, 0.29) is 17.7 Å². The number of esters is 1. The predicted octanol–water partition coefficient (Wildman–Crippen LogP) is 1.49. The number of hydrogen-bond acceptors (Lipinski definition) is 4. The summed E-state index contributed by atoms with van der Waals surface area (Å²) in [6.45, 7) is 1.35. The topological polar surface area (TPSA) is 62.1 Å². The summed E-state index contributed by atoms with van der Waals surface area (Å²) >= 11 is 0. The summed E-state index contributed by atoms with van der Waals surface area (Å²) in [5.41, 5.74) is -0.306. The van der Waals surface area contributed by atoms with Crippen molar-refractivity contribution in [2.24, 2.45) is 0 Å². The van der Waals surface area contributed by atoms with Gasteiger partial charge in [0.05, 0.1) is 18.7 Å². The highest BCUT2D eigenvalue weighted by molar-refractivity contribution is 5.75. The lowest BCUT2D eigenvalue weighted by atomic mass is 10.1. The summed E-state index contributed by atoms with van der Waals surface area (Å²) in [7, 11) is 1.23. The minimum absolute atomic E-state index is 0.0882. The van der Waals surface area contributed by atoms with Crippen LogP contribution in [0.1, 0.15) is 18.1 Å². The van der Waals surface area contributed by atoms with Crippen molar-refractivity contribution in [3.05, 3.63) is 34.9 Å². The number of nitriles is 1. The summed E-state index contributed by atoms with van der Waals surface area (Å²) in [6, 6.07) is 2.87. The highest BCUT2D eigenvalue weighted by Gasteiger charge is 2.16. The number of rotatable bonds is 4. The summed E-state index contributed by atoms with van der Waals surface area (Å²) in [6.07, 6.45) is 0. The third-order valence-corrected chi connectivity index (χ3v) is 2.41. The minimum atomic E-state index is -0.823. The average Bonchev–Trinajstić information content (AvgIpc) is 2.36. The molecule has 1 N–H and O–H groups in total. The number of carbonyl (C=O) groups is 1. The number of carbonyl (C=O) groups excluding carboxylic acids is 1. The molecule has 1 aromatic rings. The zero-order valence-electron chi connectivity index (χ0n) is 9.96. The molecule has 1 rings (SSSR count). The van der Waals surface area contributed by atoms with Crippen LogP contribution in [0.25, 0.3) is 0 Å². The summed E-state index contributed by atoms with van der Waals surface area (Å²) in [4.78, 5) is 11.1. The van der Waals surface area contributed by atoms with Gasteiger partial charge in [-0.2, -0.15) is 5.26 Å². The molecule has 0 amide bonds. The molecule has 0 radical (unpaired) electrons. The van der Waals surface area contributed by atoms with Crippen LogP contribution in [-0.2, 0) is 16.1 Å². The molecular formula is C12H12F2N2O2. The van der Waals surface area contributed by atoms with E-state index in [0.29, 0.717) is 0 Å². The van der Waals surface area contributed by atoms with Crippen LogP contribution in [0.15, 0.2) is 12.1 Å². The normalized spacial score (nSPS) is 11.7. The minimum Gasteiger partial charge on any atom is -0.468 e. The molecule has 0 unspecified atom stereocenters. The Bertz CT molecular complexity index is 474. The highest BCUT2D eigenvalue weighted by Crippen LogP contribution is 2.15. The maximum Gasteiger partial charge on any atom is 0.322 e. The molecule has 0 saturated heterocycles. The van der Waals surface area contributed by atoms with Crippen LogP contribution in [0.5, 0.6) is 0 Å². The first-order valence-electron chi connectivity index (χ1n) is 5.18. The van der Waals surface area contributed by atoms with Gasteiger partial charge in [0.15, 0.2) is 0 Å². The molecule has 96 valence electrons. The third-order valence-electron chi connectivity index (χ3n) is 2.41. The SMILES string of the molecule is COC(=O)[C@H](C)NCc1c(F)cc(C#N)cc1F. The summed E-state index contributed by atoms with van der Waals surface area (Å²) in [5.74, 6) is -2.17. The van der Waals surface area contributed by atoms with Crippen molar-refractivity contribution in [3.63, 3.8) is 0 Å². The van der Waals surface area contributed by atoms with Gasteiger partial charge in [-0.3, -0.25) is 4.79 Å². The first kappa shape index (κ1) is 14.1. The Hall–Kier alpha value is -2.00. The molecule has 0 heterocycles. The van der Waals surface area contributed by atoms with Gasteiger partial charge in [0, 0.05) is 12.1 Å². The number of benzene rings is 1. The fourth-order valence-corrected chi connectivity index (χ4v) is 1.35. The molecular weight excluding hydrogens is 242 g/mol. The van der Waals surface area contributed by atoms with Crippen molar-refractivity contribution in [3.8, 4) is 6.07 Å². The van der Waals surface area contributed by atoms with E-state index in [1.807, 2.05) is 0 Å². The van der Waals surface area contributed by atoms with Gasteiger partial charge in [-0.25, -0.2) is 8.78 Å². The van der Waals surface area contributed by atoms with Gasteiger partial charge in [0.1, 0.15) is 17.7 Å². The molecule has 0 aromatic heterocycles. The molecule has 1 atom stereocenters. The molecule has 0 fully saturated rings. The smallest absolute Gasteiger partial charge is 0.322 e. The second kappa shape index (κ2) is 6.07. The second-order valence-electron chi connectivity index (χ2n) is 3.66. The van der Waals surface area contributed by atoms with Crippen LogP contribution < -0.4 is 5.32 Å². The van der Waals surface area contributed by atoms with E-state index in [4.69, 9.17) is 5.26 Å². The van der Waals surface area contributed by atoms with Gasteiger partial charge in [0.2, 0.25) is 0 Å². The lowest BCUT2D eigenvalue weighted by Crippen LogP contribution is -2.34. The molecule has 0 bridgehead atoms. The molecule has 0 aliphatic heterocycles. The zero-order chi connectivity index (χ0) is 13.7. The largest absolute Gasteiger partial charge is 0.468 e. The van der Waals surface area contributed by atoms with Crippen molar-refractivity contribution in [1.29, 1.82) is 5.26 Å². The second-order valence-corrected chi connectivity index (χ2v) is 3.66. The fraction of sp³-hybridized carbons (Fsp3) is 0.333. The first-order valence-corrected chi connectivity index (χ1v) is 5.18. The van der Waals surface area contributed by atoms with E-state index in [1.165, 1.54) is 14.0 Å². The van der Waals surface area contributed by atoms with Gasteiger partial charge in [-0.1, -0.05) is 0 Å². The number of ether oxygens (including phenoxy) is 1. The standard InChI is InChI=1S/C12H12F2N2O2/c1-7(12(17)18-2)16-6-9-10(13)3-8(5-15)4-11(9)14/h3-4,7,16H,6H2,1-2H3/t7-/m0/s1. The van der Waals surface area contributed by atoms with Crippen molar-refractivity contribution >= 4 is 5.97 Å². The Morgan fingerprint density at radius 1 is 1.50 bits per heavy atom. The Morgan fingerprint density at radius 2 is 2.06 bits per heavy atom. The number of nitrogens with zero attached hydrogens (tertiary/aromatic N) is 1. The number of halogens is 2. The fourth-order valence-electron chi connectivity index (χ4n) is 1.35. The Kier molecular flexibility index (Phi) is 4.75. The highest BCUT2D eigenvalue weighted by atomic mass is 19.1. The Morgan fingerprint density at radius 3 is 2.50 bits per heavy atom. The Labute approximate surface area is 103 Å². The molecule has 1 aromatic carbocycles. The van der Waals surface area contributed by atoms with Crippen LogP contribution in [0, 0.1) is 23.0 Å². The van der Waals surface area contributed by atoms with E-state index in [9.17, 15) is 13.6 Å². The van der Waals surface area contributed by atoms with E-state index >= 15 is 0 Å². The maximum absolute atomic E-state index is 13.5. The molecule has 4 nitrogen and oxygen atoms in total. The van der Waals surface area contributed by atoms with Crippen molar-refractivity contribution in [2.45, 2.75) is 19.5 Å². The van der Waals surface area contributed by atoms with Crippen LogP contribution in [0.2, 0.25) is 0 Å². The van der Waals surface area contributed by atoms with Gasteiger partial charge in [0.25, 0.3) is 0 Å². The quantitative estimate of drug-likeness (QED) is 0.827. The maximum atomic E-state index is 13.5. The molecule has 18 heavy (non-hydrogen) atoms. The first-order chi connectivity index (χ1) is 8.49. The average molecular weight is 254 g/mol. The number of methoxy groups -OCH3 is 1. The van der Waals surface area contributed by atoms with Gasteiger partial charge in [-0.15, -0.1) is 0 Å². The van der Waals surface area contributed by atoms with Crippen molar-refractivity contribution < 1.29 is 18.3 Å². The third kappa shape index (κ3) is 3.25. The number of hydrogen-bond donors (Lipinski definition) is 1. The predicted molar refractivity (Wildman–Crippen MR) is 59.4 cm³/mol. The van der Waals surface area contributed by atoms with Crippen LogP contribution in [-0.4, -0.2) is 19.1 Å². The van der Waals surface area contributed by atoms with Gasteiger partial charge in [-0.05, 0) is 19.1 Å². The lowest BCUT2D eigenvalue weighted by molar-refractivity contribution is -0.142. The monoisotopic (exact) mass is 254 g/mol.